The van der Waals surface area contributed by atoms with Crippen LogP contribution in [0.2, 0.25) is 0 Å². The molecule has 0 saturated carbocycles. The molecule has 3 rings (SSSR count). The molecule has 0 amide bonds. The normalized spacial score (nSPS) is 23.3. The molecule has 2 aromatic rings. The van der Waals surface area contributed by atoms with Crippen molar-refractivity contribution >= 4 is 29.2 Å². The van der Waals surface area contributed by atoms with Crippen molar-refractivity contribution in [2.45, 2.75) is 30.2 Å². The molecular weight excluding hydrogens is 288 g/mol. The van der Waals surface area contributed by atoms with Crippen LogP contribution in [0.4, 0.5) is 11.4 Å². The highest BCUT2D eigenvalue weighted by atomic mass is 32.2. The Kier molecular flexibility index (Phi) is 4.39. The average molecular weight is 311 g/mol. The van der Waals surface area contributed by atoms with Crippen molar-refractivity contribution in [2.24, 2.45) is 5.73 Å². The number of rotatable bonds is 5. The second kappa shape index (κ2) is 6.29. The predicted octanol–water partition coefficient (Wildman–Crippen LogP) is 5.12. The zero-order valence-electron chi connectivity index (χ0n) is 13.0. The maximum atomic E-state index is 6.66. The number of quaternary nitrogens is 1. The number of nitrogens with zero attached hydrogens (tertiary/aromatic N) is 1. The van der Waals surface area contributed by atoms with Gasteiger partial charge in [0.1, 0.15) is 5.69 Å². The fraction of sp³-hybridized carbons (Fsp3) is 0.263. The van der Waals surface area contributed by atoms with E-state index in [1.807, 2.05) is 6.08 Å². The lowest BCUT2D eigenvalue weighted by molar-refractivity contribution is 0.362. The molecule has 3 heteroatoms. The molecule has 0 radical (unpaired) electrons. The number of hydrogen-bond acceptors (Lipinski definition) is 2. The minimum atomic E-state index is -0.00921. The summed E-state index contributed by atoms with van der Waals surface area (Å²) in [4.78, 5) is 1.28. The standard InChI is InChI=1S/C19H23N2S/c1-3-5-14-21(16-11-7-6-8-12-16)18-15(4-2)10-9-13-17(18)22-19(21)20/h4,6-13,19H,2-3,5,14,20H2,1H3/q+1. The van der Waals surface area contributed by atoms with Gasteiger partial charge in [0.05, 0.1) is 11.4 Å². The van der Waals surface area contributed by atoms with Gasteiger partial charge >= 0.3 is 0 Å². The summed E-state index contributed by atoms with van der Waals surface area (Å²) in [5, 5.41) is 0. The van der Waals surface area contributed by atoms with Crippen LogP contribution >= 0.6 is 11.8 Å². The van der Waals surface area contributed by atoms with E-state index in [1.165, 1.54) is 21.8 Å². The fourth-order valence-electron chi connectivity index (χ4n) is 3.32. The molecule has 0 spiro atoms. The van der Waals surface area contributed by atoms with Gasteiger partial charge in [-0.2, -0.15) is 0 Å². The molecule has 0 aromatic heterocycles. The summed E-state index contributed by atoms with van der Waals surface area (Å²) < 4.78 is 0.719. The van der Waals surface area contributed by atoms with E-state index < -0.39 is 0 Å². The van der Waals surface area contributed by atoms with Gasteiger partial charge in [0, 0.05) is 5.56 Å². The van der Waals surface area contributed by atoms with Crippen molar-refractivity contribution in [1.29, 1.82) is 0 Å². The minimum Gasteiger partial charge on any atom is -0.271 e. The third kappa shape index (κ3) is 2.30. The first-order chi connectivity index (χ1) is 10.7. The zero-order chi connectivity index (χ0) is 15.6. The summed E-state index contributed by atoms with van der Waals surface area (Å²) in [5.74, 6) is 0. The van der Waals surface area contributed by atoms with E-state index in [0.29, 0.717) is 0 Å². The molecule has 1 aliphatic heterocycles. The van der Waals surface area contributed by atoms with E-state index >= 15 is 0 Å². The first kappa shape index (κ1) is 15.3. The number of thioether (sulfide) groups is 1. The Bertz CT molecular complexity index is 668. The van der Waals surface area contributed by atoms with Crippen molar-refractivity contribution in [3.05, 3.63) is 60.7 Å². The molecule has 1 aliphatic rings. The molecule has 0 aliphatic carbocycles. The Morgan fingerprint density at radius 1 is 1.18 bits per heavy atom. The third-order valence-electron chi connectivity index (χ3n) is 4.41. The van der Waals surface area contributed by atoms with Crippen LogP contribution in [0, 0.1) is 0 Å². The minimum absolute atomic E-state index is 0.00921. The fourth-order valence-corrected chi connectivity index (χ4v) is 4.64. The first-order valence-corrected chi connectivity index (χ1v) is 8.73. The molecule has 0 saturated heterocycles. The highest BCUT2D eigenvalue weighted by Gasteiger charge is 2.48. The lowest BCUT2D eigenvalue weighted by atomic mass is 10.1. The Hall–Kier alpha value is -1.55. The average Bonchev–Trinajstić information content (AvgIpc) is 2.86. The van der Waals surface area contributed by atoms with Crippen LogP contribution in [-0.4, -0.2) is 12.0 Å². The molecule has 22 heavy (non-hydrogen) atoms. The zero-order valence-corrected chi connectivity index (χ0v) is 13.9. The molecule has 0 fully saturated rings. The van der Waals surface area contributed by atoms with Crippen LogP contribution in [-0.2, 0) is 0 Å². The van der Waals surface area contributed by atoms with Crippen LogP contribution in [0.5, 0.6) is 0 Å². The smallest absolute Gasteiger partial charge is 0.202 e. The van der Waals surface area contributed by atoms with E-state index in [1.54, 1.807) is 11.8 Å². The SMILES string of the molecule is C=Cc1cccc2c1[N+](CCCC)(c1ccccc1)C(N)S2. The monoisotopic (exact) mass is 311 g/mol. The molecule has 2 atom stereocenters. The predicted molar refractivity (Wildman–Crippen MR) is 98.0 cm³/mol. The van der Waals surface area contributed by atoms with Gasteiger partial charge in [-0.25, -0.2) is 4.48 Å². The van der Waals surface area contributed by atoms with Crippen molar-refractivity contribution < 1.29 is 0 Å². The van der Waals surface area contributed by atoms with Crippen molar-refractivity contribution in [2.75, 3.05) is 6.54 Å². The summed E-state index contributed by atoms with van der Waals surface area (Å²) in [5.41, 5.74) is 10.4. The number of fused-ring (bicyclic) bond motifs is 1. The van der Waals surface area contributed by atoms with Crippen LogP contribution in [0.3, 0.4) is 0 Å². The molecule has 2 nitrogen and oxygen atoms in total. The number of nitrogens with two attached hydrogens (primary N) is 1. The summed E-state index contributed by atoms with van der Waals surface area (Å²) in [7, 11) is 0. The number of unbranched alkanes of at least 4 members (excludes halogenated alkanes) is 1. The highest BCUT2D eigenvalue weighted by molar-refractivity contribution is 8.00. The molecule has 114 valence electrons. The van der Waals surface area contributed by atoms with Gasteiger partial charge in [-0.1, -0.05) is 50.3 Å². The maximum absolute atomic E-state index is 6.66. The van der Waals surface area contributed by atoms with Crippen molar-refractivity contribution in [1.82, 2.24) is 4.48 Å². The van der Waals surface area contributed by atoms with E-state index in [2.05, 4.69) is 62.0 Å². The van der Waals surface area contributed by atoms with Crippen molar-refractivity contribution in [3.63, 3.8) is 0 Å². The second-order valence-electron chi connectivity index (χ2n) is 5.69. The van der Waals surface area contributed by atoms with Crippen LogP contribution in [0.1, 0.15) is 25.3 Å². The third-order valence-corrected chi connectivity index (χ3v) is 5.60. The topological polar surface area (TPSA) is 26.0 Å². The molecular formula is C19H23N2S+. The number of hydrogen-bond donors (Lipinski definition) is 1. The van der Waals surface area contributed by atoms with E-state index in [-0.39, 0.29) is 5.50 Å². The second-order valence-corrected chi connectivity index (χ2v) is 6.85. The summed E-state index contributed by atoms with van der Waals surface area (Å²) in [6.45, 7) is 7.27. The van der Waals surface area contributed by atoms with Gasteiger partial charge in [-0.05, 0) is 42.4 Å². The Labute approximate surface area is 137 Å². The highest BCUT2D eigenvalue weighted by Crippen LogP contribution is 2.53. The summed E-state index contributed by atoms with van der Waals surface area (Å²) in [6.07, 6.45) is 4.27. The number of para-hydroxylation sites is 2. The Morgan fingerprint density at radius 2 is 1.95 bits per heavy atom. The van der Waals surface area contributed by atoms with Crippen LogP contribution in [0.25, 0.3) is 6.08 Å². The van der Waals surface area contributed by atoms with Crippen molar-refractivity contribution in [3.8, 4) is 0 Å². The van der Waals surface area contributed by atoms with Gasteiger partial charge in [0.15, 0.2) is 5.69 Å². The van der Waals surface area contributed by atoms with Gasteiger partial charge in [0.2, 0.25) is 5.50 Å². The maximum Gasteiger partial charge on any atom is 0.202 e. The van der Waals surface area contributed by atoms with E-state index in [4.69, 9.17) is 5.73 Å². The molecule has 2 aromatic carbocycles. The van der Waals surface area contributed by atoms with E-state index in [9.17, 15) is 0 Å². The van der Waals surface area contributed by atoms with Gasteiger partial charge in [0.25, 0.3) is 0 Å². The molecule has 2 unspecified atom stereocenters. The molecule has 0 bridgehead atoms. The van der Waals surface area contributed by atoms with Gasteiger partial charge in [-0.15, -0.1) is 0 Å². The van der Waals surface area contributed by atoms with Crippen LogP contribution in [0.15, 0.2) is 60.0 Å². The quantitative estimate of drug-likeness (QED) is 0.776. The molecule has 2 N–H and O–H groups in total. The Balaban J connectivity index is 2.25. The molecule has 1 heterocycles. The van der Waals surface area contributed by atoms with Gasteiger partial charge < -0.3 is 0 Å². The van der Waals surface area contributed by atoms with Crippen LogP contribution < -0.4 is 10.2 Å². The number of benzene rings is 2. The lowest BCUT2D eigenvalue weighted by Gasteiger charge is -2.38. The summed E-state index contributed by atoms with van der Waals surface area (Å²) >= 11 is 1.78. The first-order valence-electron chi connectivity index (χ1n) is 7.85. The Morgan fingerprint density at radius 3 is 2.64 bits per heavy atom. The van der Waals surface area contributed by atoms with E-state index in [0.717, 1.165) is 23.9 Å². The largest absolute Gasteiger partial charge is 0.271 e. The lowest BCUT2D eigenvalue weighted by Crippen LogP contribution is -2.53. The summed E-state index contributed by atoms with van der Waals surface area (Å²) in [6, 6.07) is 17.1. The van der Waals surface area contributed by atoms with Gasteiger partial charge in [-0.3, -0.25) is 5.73 Å².